The predicted octanol–water partition coefficient (Wildman–Crippen LogP) is 1.54. The van der Waals surface area contributed by atoms with Crippen molar-refractivity contribution in [2.75, 3.05) is 14.2 Å². The molecular weight excluding hydrogens is 272 g/mol. The molecule has 0 bridgehead atoms. The molecular formula is C12H11ClN2O4. The van der Waals surface area contributed by atoms with Gasteiger partial charge >= 0.3 is 6.03 Å². The van der Waals surface area contributed by atoms with Gasteiger partial charge in [0, 0.05) is 0 Å². The zero-order valence-corrected chi connectivity index (χ0v) is 11.0. The maximum atomic E-state index is 11.4. The van der Waals surface area contributed by atoms with Gasteiger partial charge in [0.15, 0.2) is 11.5 Å². The smallest absolute Gasteiger partial charge is 0.326 e. The van der Waals surface area contributed by atoms with Gasteiger partial charge in [-0.25, -0.2) is 4.79 Å². The quantitative estimate of drug-likeness (QED) is 0.651. The first-order valence-corrected chi connectivity index (χ1v) is 5.68. The highest BCUT2D eigenvalue weighted by Gasteiger charge is 2.23. The molecule has 1 aliphatic rings. The molecule has 1 aromatic rings. The van der Waals surface area contributed by atoms with Gasteiger partial charge in [0.25, 0.3) is 5.91 Å². The van der Waals surface area contributed by atoms with Crippen LogP contribution in [0.15, 0.2) is 17.8 Å². The minimum atomic E-state index is -0.553. The molecule has 1 heterocycles. The van der Waals surface area contributed by atoms with Crippen LogP contribution in [0.1, 0.15) is 5.56 Å². The molecule has 1 fully saturated rings. The van der Waals surface area contributed by atoms with Gasteiger partial charge in [-0.05, 0) is 23.8 Å². The fourth-order valence-corrected chi connectivity index (χ4v) is 1.97. The van der Waals surface area contributed by atoms with Crippen molar-refractivity contribution in [2.24, 2.45) is 0 Å². The number of nitrogens with one attached hydrogen (secondary N) is 2. The molecule has 2 N–H and O–H groups in total. The lowest BCUT2D eigenvalue weighted by Gasteiger charge is -2.10. The molecule has 0 aromatic heterocycles. The first kappa shape index (κ1) is 13.2. The largest absolute Gasteiger partial charge is 0.493 e. The zero-order valence-electron chi connectivity index (χ0n) is 10.2. The number of ether oxygens (including phenoxy) is 2. The summed E-state index contributed by atoms with van der Waals surface area (Å²) in [4.78, 5) is 22.4. The average Bonchev–Trinajstić information content (AvgIpc) is 2.67. The van der Waals surface area contributed by atoms with Crippen molar-refractivity contribution in [3.63, 3.8) is 0 Å². The van der Waals surface area contributed by atoms with E-state index in [1.807, 2.05) is 0 Å². The zero-order chi connectivity index (χ0) is 14.0. The number of carbonyl (C=O) groups is 2. The molecule has 0 atom stereocenters. The number of imide groups is 1. The molecule has 0 spiro atoms. The van der Waals surface area contributed by atoms with E-state index in [0.29, 0.717) is 22.1 Å². The number of urea groups is 1. The standard InChI is InChI=1S/C12H11ClN2O4/c1-18-9-5-6(3-7(13)10(9)19-2)4-8-11(16)15-12(17)14-8/h3-5H,1-2H3,(H2,14,15,16,17)/b8-4+. The number of carbonyl (C=O) groups excluding carboxylic acids is 2. The van der Waals surface area contributed by atoms with E-state index < -0.39 is 11.9 Å². The van der Waals surface area contributed by atoms with Gasteiger partial charge < -0.3 is 14.8 Å². The first-order chi connectivity index (χ1) is 9.05. The fourth-order valence-electron chi connectivity index (χ4n) is 1.67. The summed E-state index contributed by atoms with van der Waals surface area (Å²) in [6, 6.07) is 2.70. The van der Waals surface area contributed by atoms with Crippen molar-refractivity contribution in [3.05, 3.63) is 28.4 Å². The van der Waals surface area contributed by atoms with Crippen molar-refractivity contribution in [1.82, 2.24) is 10.6 Å². The van der Waals surface area contributed by atoms with Crippen molar-refractivity contribution < 1.29 is 19.1 Å². The summed E-state index contributed by atoms with van der Waals surface area (Å²) < 4.78 is 10.2. The van der Waals surface area contributed by atoms with E-state index in [2.05, 4.69) is 10.6 Å². The highest BCUT2D eigenvalue weighted by atomic mass is 35.5. The van der Waals surface area contributed by atoms with E-state index >= 15 is 0 Å². The highest BCUT2D eigenvalue weighted by Crippen LogP contribution is 2.36. The van der Waals surface area contributed by atoms with Crippen LogP contribution in [0.5, 0.6) is 11.5 Å². The molecule has 100 valence electrons. The van der Waals surface area contributed by atoms with Crippen LogP contribution >= 0.6 is 11.6 Å². The summed E-state index contributed by atoms with van der Waals surface area (Å²) in [6.07, 6.45) is 1.49. The van der Waals surface area contributed by atoms with Crippen molar-refractivity contribution in [2.45, 2.75) is 0 Å². The number of benzene rings is 1. The number of hydrogen-bond acceptors (Lipinski definition) is 4. The lowest BCUT2D eigenvalue weighted by atomic mass is 10.1. The molecule has 6 nitrogen and oxygen atoms in total. The normalized spacial score (nSPS) is 16.3. The van der Waals surface area contributed by atoms with Crippen molar-refractivity contribution in [1.29, 1.82) is 0 Å². The van der Waals surface area contributed by atoms with E-state index in [4.69, 9.17) is 21.1 Å². The number of methoxy groups -OCH3 is 2. The van der Waals surface area contributed by atoms with Gasteiger partial charge in [0.05, 0.1) is 19.2 Å². The Hall–Kier alpha value is -2.21. The second-order valence-electron chi connectivity index (χ2n) is 3.70. The van der Waals surface area contributed by atoms with E-state index in [1.165, 1.54) is 20.3 Å². The van der Waals surface area contributed by atoms with Gasteiger partial charge in [-0.15, -0.1) is 0 Å². The number of rotatable bonds is 3. The molecule has 1 aromatic carbocycles. The van der Waals surface area contributed by atoms with Crippen molar-refractivity contribution in [3.8, 4) is 11.5 Å². The minimum Gasteiger partial charge on any atom is -0.493 e. The van der Waals surface area contributed by atoms with Crippen LogP contribution in [0, 0.1) is 0 Å². The maximum absolute atomic E-state index is 11.4. The van der Waals surface area contributed by atoms with E-state index in [1.54, 1.807) is 12.1 Å². The van der Waals surface area contributed by atoms with E-state index in [-0.39, 0.29) is 5.70 Å². The third-order valence-corrected chi connectivity index (χ3v) is 2.77. The number of amides is 3. The Morgan fingerprint density at radius 1 is 1.16 bits per heavy atom. The van der Waals surface area contributed by atoms with Crippen LogP contribution in [0.25, 0.3) is 6.08 Å². The lowest BCUT2D eigenvalue weighted by molar-refractivity contribution is -0.115. The highest BCUT2D eigenvalue weighted by molar-refractivity contribution is 6.32. The lowest BCUT2D eigenvalue weighted by Crippen LogP contribution is -2.22. The minimum absolute atomic E-state index is 0.147. The van der Waals surface area contributed by atoms with Crippen LogP contribution in [-0.2, 0) is 4.79 Å². The Bertz CT molecular complexity index is 583. The summed E-state index contributed by atoms with van der Waals surface area (Å²) in [5, 5.41) is 4.84. The number of halogens is 1. The van der Waals surface area contributed by atoms with Gasteiger partial charge in [-0.2, -0.15) is 0 Å². The Kier molecular flexibility index (Phi) is 3.62. The molecule has 1 saturated heterocycles. The molecule has 3 amide bonds. The summed E-state index contributed by atoms with van der Waals surface area (Å²) in [6.45, 7) is 0. The first-order valence-electron chi connectivity index (χ1n) is 5.30. The van der Waals surface area contributed by atoms with Crippen LogP contribution in [-0.4, -0.2) is 26.2 Å². The average molecular weight is 283 g/mol. The topological polar surface area (TPSA) is 76.7 Å². The molecule has 7 heteroatoms. The monoisotopic (exact) mass is 282 g/mol. The molecule has 0 unspecified atom stereocenters. The molecule has 0 radical (unpaired) electrons. The van der Waals surface area contributed by atoms with Crippen LogP contribution in [0.4, 0.5) is 4.79 Å². The third kappa shape index (κ3) is 2.63. The fraction of sp³-hybridized carbons (Fsp3) is 0.167. The maximum Gasteiger partial charge on any atom is 0.326 e. The molecule has 19 heavy (non-hydrogen) atoms. The predicted molar refractivity (Wildman–Crippen MR) is 69.2 cm³/mol. The van der Waals surface area contributed by atoms with Gasteiger partial charge in [-0.1, -0.05) is 11.6 Å². The Morgan fingerprint density at radius 2 is 1.89 bits per heavy atom. The van der Waals surface area contributed by atoms with Crippen LogP contribution in [0.3, 0.4) is 0 Å². The molecule has 1 aliphatic heterocycles. The summed E-state index contributed by atoms with van der Waals surface area (Å²) in [5.41, 5.74) is 0.753. The van der Waals surface area contributed by atoms with E-state index in [0.717, 1.165) is 0 Å². The SMILES string of the molecule is COc1cc(/C=C2/NC(=O)NC2=O)cc(Cl)c1OC. The second-order valence-corrected chi connectivity index (χ2v) is 4.11. The van der Waals surface area contributed by atoms with Gasteiger partial charge in [0.2, 0.25) is 0 Å². The molecule has 0 aliphatic carbocycles. The Labute approximate surface area is 114 Å². The molecule has 2 rings (SSSR count). The van der Waals surface area contributed by atoms with E-state index in [9.17, 15) is 9.59 Å². The summed E-state index contributed by atoms with van der Waals surface area (Å²) in [5.74, 6) is 0.355. The van der Waals surface area contributed by atoms with Crippen LogP contribution < -0.4 is 20.1 Å². The number of hydrogen-bond donors (Lipinski definition) is 2. The Balaban J connectivity index is 2.42. The Morgan fingerprint density at radius 3 is 2.42 bits per heavy atom. The van der Waals surface area contributed by atoms with Gasteiger partial charge in [-0.3, -0.25) is 10.1 Å². The molecule has 0 saturated carbocycles. The second kappa shape index (κ2) is 5.19. The van der Waals surface area contributed by atoms with Crippen molar-refractivity contribution >= 4 is 29.6 Å². The van der Waals surface area contributed by atoms with Crippen LogP contribution in [0.2, 0.25) is 5.02 Å². The van der Waals surface area contributed by atoms with Gasteiger partial charge in [0.1, 0.15) is 5.70 Å². The summed E-state index contributed by atoms with van der Waals surface area (Å²) in [7, 11) is 2.96. The summed E-state index contributed by atoms with van der Waals surface area (Å²) >= 11 is 6.04. The third-order valence-electron chi connectivity index (χ3n) is 2.49.